The predicted octanol–water partition coefficient (Wildman–Crippen LogP) is 5.17. The maximum absolute atomic E-state index is 12.8. The Hall–Kier alpha value is -3.53. The number of aryl methyl sites for hydroxylation is 1. The first kappa shape index (κ1) is 20.2. The quantitative estimate of drug-likeness (QED) is 0.231. The highest BCUT2D eigenvalue weighted by molar-refractivity contribution is 6.21. The van der Waals surface area contributed by atoms with E-state index in [0.29, 0.717) is 11.3 Å². The van der Waals surface area contributed by atoms with Crippen LogP contribution in [0.1, 0.15) is 16.7 Å². The zero-order valence-electron chi connectivity index (χ0n) is 16.6. The minimum Gasteiger partial charge on any atom is -0.496 e. The van der Waals surface area contributed by atoms with Gasteiger partial charge >= 0.3 is 5.97 Å². The Labute approximate surface area is 171 Å². The molecule has 0 fully saturated rings. The second-order valence-electron chi connectivity index (χ2n) is 6.46. The third-order valence-electron chi connectivity index (χ3n) is 4.35. The molecule has 0 radical (unpaired) electrons. The molecule has 0 unspecified atom stereocenters. The van der Waals surface area contributed by atoms with E-state index in [1.54, 1.807) is 13.2 Å². The minimum atomic E-state index is -0.408. The molecule has 3 aromatic carbocycles. The fraction of sp³-hybridized carbons (Fsp3) is 0.160. The molecule has 0 saturated heterocycles. The van der Waals surface area contributed by atoms with Gasteiger partial charge in [0.25, 0.3) is 0 Å². The monoisotopic (exact) mass is 388 g/mol. The summed E-state index contributed by atoms with van der Waals surface area (Å²) in [5.41, 5.74) is 3.22. The van der Waals surface area contributed by atoms with Gasteiger partial charge in [0.1, 0.15) is 24.7 Å². The van der Waals surface area contributed by atoms with Gasteiger partial charge < -0.3 is 14.2 Å². The van der Waals surface area contributed by atoms with Crippen molar-refractivity contribution < 1.29 is 19.0 Å². The van der Waals surface area contributed by atoms with Gasteiger partial charge in [-0.3, -0.25) is 0 Å². The van der Waals surface area contributed by atoms with Crippen LogP contribution in [0, 0.1) is 6.92 Å². The van der Waals surface area contributed by atoms with Crippen molar-refractivity contribution >= 4 is 17.6 Å². The fourth-order valence-corrected chi connectivity index (χ4v) is 2.83. The van der Waals surface area contributed by atoms with Gasteiger partial charge in [0.2, 0.25) is 0 Å². The van der Waals surface area contributed by atoms with E-state index in [4.69, 9.17) is 14.2 Å². The Morgan fingerprint density at radius 1 is 0.862 bits per heavy atom. The van der Waals surface area contributed by atoms with Crippen LogP contribution in [-0.4, -0.2) is 26.3 Å². The Bertz CT molecular complexity index is 960. The van der Waals surface area contributed by atoms with E-state index in [1.165, 1.54) is 0 Å². The highest BCUT2D eigenvalue weighted by Gasteiger charge is 2.15. The van der Waals surface area contributed by atoms with Crippen LogP contribution in [0.4, 0.5) is 0 Å². The topological polar surface area (TPSA) is 44.8 Å². The maximum atomic E-state index is 12.8. The van der Waals surface area contributed by atoms with Crippen molar-refractivity contribution in [3.63, 3.8) is 0 Å². The Morgan fingerprint density at radius 3 is 2.28 bits per heavy atom. The largest absolute Gasteiger partial charge is 0.496 e. The number of methoxy groups -OCH3 is 1. The summed E-state index contributed by atoms with van der Waals surface area (Å²) in [7, 11) is 1.61. The van der Waals surface area contributed by atoms with E-state index in [1.807, 2.05) is 85.8 Å². The van der Waals surface area contributed by atoms with Gasteiger partial charge in [-0.25, -0.2) is 4.79 Å². The first-order chi connectivity index (χ1) is 14.2. The van der Waals surface area contributed by atoms with Crippen molar-refractivity contribution in [2.75, 3.05) is 20.3 Å². The van der Waals surface area contributed by atoms with Crippen LogP contribution in [0.5, 0.6) is 11.5 Å². The average Bonchev–Trinajstić information content (AvgIpc) is 2.77. The molecule has 0 spiro atoms. The highest BCUT2D eigenvalue weighted by Crippen LogP contribution is 2.25. The number of carbonyl (C=O) groups excluding carboxylic acids is 1. The van der Waals surface area contributed by atoms with E-state index in [0.717, 1.165) is 22.4 Å². The second kappa shape index (κ2) is 10.1. The summed E-state index contributed by atoms with van der Waals surface area (Å²) in [6, 6.07) is 24.7. The van der Waals surface area contributed by atoms with Crippen LogP contribution >= 0.6 is 0 Å². The third-order valence-corrected chi connectivity index (χ3v) is 4.35. The molecule has 0 N–H and O–H groups in total. The fourth-order valence-electron chi connectivity index (χ4n) is 2.83. The van der Waals surface area contributed by atoms with Crippen LogP contribution in [0.25, 0.3) is 11.6 Å². The highest BCUT2D eigenvalue weighted by atomic mass is 16.6. The van der Waals surface area contributed by atoms with Gasteiger partial charge in [0, 0.05) is 5.56 Å². The number of hydrogen-bond donors (Lipinski definition) is 0. The van der Waals surface area contributed by atoms with Gasteiger partial charge in [0.05, 0.1) is 12.7 Å². The van der Waals surface area contributed by atoms with Crippen LogP contribution in [-0.2, 0) is 9.53 Å². The summed E-state index contributed by atoms with van der Waals surface area (Å²) < 4.78 is 16.5. The Balaban J connectivity index is 1.71. The molecule has 3 rings (SSSR count). The van der Waals surface area contributed by atoms with E-state index < -0.39 is 5.97 Å². The van der Waals surface area contributed by atoms with Crippen LogP contribution < -0.4 is 9.47 Å². The van der Waals surface area contributed by atoms with Crippen molar-refractivity contribution in [2.24, 2.45) is 0 Å². The molecular weight excluding hydrogens is 364 g/mol. The normalized spacial score (nSPS) is 11.0. The summed E-state index contributed by atoms with van der Waals surface area (Å²) in [5, 5.41) is 0. The molecule has 0 aliphatic heterocycles. The Kier molecular flexibility index (Phi) is 7.06. The standard InChI is InChI=1S/C25H24O4/c1-19-12-14-22(15-13-19)28-16-17-29-25(26)23(20-8-4-3-5-9-20)18-21-10-6-7-11-24(21)27-2/h3-15,18H,16-17H2,1-2H3/b23-18+. The van der Waals surface area contributed by atoms with Gasteiger partial charge in [-0.1, -0.05) is 66.2 Å². The van der Waals surface area contributed by atoms with Crippen LogP contribution in [0.2, 0.25) is 0 Å². The number of esters is 1. The maximum Gasteiger partial charge on any atom is 0.338 e. The smallest absolute Gasteiger partial charge is 0.338 e. The summed E-state index contributed by atoms with van der Waals surface area (Å²) in [6.45, 7) is 2.46. The molecule has 0 atom stereocenters. The molecule has 3 aromatic rings. The number of para-hydroxylation sites is 1. The van der Waals surface area contributed by atoms with Crippen LogP contribution in [0.3, 0.4) is 0 Å². The summed E-state index contributed by atoms with van der Waals surface area (Å²) in [6.07, 6.45) is 1.79. The van der Waals surface area contributed by atoms with Crippen molar-refractivity contribution in [3.8, 4) is 11.5 Å². The van der Waals surface area contributed by atoms with Gasteiger partial charge in [-0.05, 0) is 36.8 Å². The average molecular weight is 388 g/mol. The lowest BCUT2D eigenvalue weighted by Gasteiger charge is -2.11. The molecule has 0 saturated carbocycles. The van der Waals surface area contributed by atoms with E-state index in [9.17, 15) is 4.79 Å². The number of carbonyl (C=O) groups is 1. The van der Waals surface area contributed by atoms with Crippen molar-refractivity contribution in [1.82, 2.24) is 0 Å². The predicted molar refractivity (Wildman–Crippen MR) is 115 cm³/mol. The molecule has 0 aliphatic carbocycles. The zero-order valence-corrected chi connectivity index (χ0v) is 16.6. The SMILES string of the molecule is COc1ccccc1/C=C(/C(=O)OCCOc1ccc(C)cc1)c1ccccc1. The molecule has 0 bridgehead atoms. The van der Waals surface area contributed by atoms with E-state index in [2.05, 4.69) is 0 Å². The lowest BCUT2D eigenvalue weighted by molar-refractivity contribution is -0.137. The number of rotatable bonds is 8. The first-order valence-electron chi connectivity index (χ1n) is 9.44. The lowest BCUT2D eigenvalue weighted by Crippen LogP contribution is -2.13. The van der Waals surface area contributed by atoms with Crippen LogP contribution in [0.15, 0.2) is 78.9 Å². The second-order valence-corrected chi connectivity index (χ2v) is 6.46. The van der Waals surface area contributed by atoms with Crippen molar-refractivity contribution in [1.29, 1.82) is 0 Å². The molecule has 4 heteroatoms. The van der Waals surface area contributed by atoms with Gasteiger partial charge in [-0.15, -0.1) is 0 Å². The van der Waals surface area contributed by atoms with E-state index >= 15 is 0 Å². The van der Waals surface area contributed by atoms with Gasteiger partial charge in [-0.2, -0.15) is 0 Å². The molecule has 0 aliphatic rings. The van der Waals surface area contributed by atoms with Crippen molar-refractivity contribution in [2.45, 2.75) is 6.92 Å². The summed E-state index contributed by atoms with van der Waals surface area (Å²) in [5.74, 6) is 1.03. The first-order valence-corrected chi connectivity index (χ1v) is 9.44. The summed E-state index contributed by atoms with van der Waals surface area (Å²) >= 11 is 0. The lowest BCUT2D eigenvalue weighted by atomic mass is 10.0. The molecule has 148 valence electrons. The van der Waals surface area contributed by atoms with E-state index in [-0.39, 0.29) is 13.2 Å². The number of ether oxygens (including phenoxy) is 3. The molecule has 29 heavy (non-hydrogen) atoms. The molecule has 0 heterocycles. The molecule has 0 aromatic heterocycles. The number of hydrogen-bond acceptors (Lipinski definition) is 4. The van der Waals surface area contributed by atoms with Crippen molar-refractivity contribution in [3.05, 3.63) is 95.6 Å². The summed E-state index contributed by atoms with van der Waals surface area (Å²) in [4.78, 5) is 12.8. The minimum absolute atomic E-state index is 0.156. The number of benzene rings is 3. The molecule has 4 nitrogen and oxygen atoms in total. The Morgan fingerprint density at radius 2 is 1.55 bits per heavy atom. The van der Waals surface area contributed by atoms with Gasteiger partial charge in [0.15, 0.2) is 0 Å². The molecule has 0 amide bonds. The third kappa shape index (κ3) is 5.72. The zero-order chi connectivity index (χ0) is 20.5. The molecular formula is C25H24O4.